The molecule has 33 heavy (non-hydrogen) atoms. The topological polar surface area (TPSA) is 105 Å². The number of carbonyl (C=O) groups excluding carboxylic acids is 2. The number of halogens is 1. The lowest BCUT2D eigenvalue weighted by molar-refractivity contribution is -0.143. The monoisotopic (exact) mass is 471 g/mol. The number of hydrogen-bond acceptors (Lipinski definition) is 6. The van der Waals surface area contributed by atoms with E-state index in [9.17, 15) is 14.7 Å². The molecule has 1 fully saturated rings. The number of carbonyl (C=O) groups is 2. The second-order valence-corrected chi connectivity index (χ2v) is 9.15. The zero-order valence-electron chi connectivity index (χ0n) is 18.6. The number of rotatable bonds is 6. The van der Waals surface area contributed by atoms with E-state index in [1.807, 2.05) is 32.0 Å². The summed E-state index contributed by atoms with van der Waals surface area (Å²) < 4.78 is 5.35. The second-order valence-electron chi connectivity index (χ2n) is 8.71. The number of aryl methyl sites for hydroxylation is 1. The predicted molar refractivity (Wildman–Crippen MR) is 123 cm³/mol. The number of aromatic nitrogens is 1. The van der Waals surface area contributed by atoms with Crippen molar-refractivity contribution in [2.24, 2.45) is 5.92 Å². The average Bonchev–Trinajstić information content (AvgIpc) is 3.37. The van der Waals surface area contributed by atoms with Crippen LogP contribution in [0.5, 0.6) is 5.75 Å². The number of nitrogens with zero attached hydrogens (tertiary/aromatic N) is 2. The summed E-state index contributed by atoms with van der Waals surface area (Å²) in [5.74, 6) is -0.617. The number of benzene rings is 2. The van der Waals surface area contributed by atoms with E-state index in [2.05, 4.69) is 10.6 Å². The summed E-state index contributed by atoms with van der Waals surface area (Å²) in [5, 5.41) is 16.6. The Hall–Kier alpha value is -3.10. The van der Waals surface area contributed by atoms with Crippen LogP contribution in [0, 0.1) is 12.8 Å². The van der Waals surface area contributed by atoms with Crippen molar-refractivity contribution in [1.82, 2.24) is 15.5 Å². The third-order valence-corrected chi connectivity index (χ3v) is 6.03. The standard InChI is InChI=1S/C24H26ClN3O5/c1-13(2)22(21-8-14(3)26-33-21)24(31)28-12-18(29)11-20(28)23(30)27-32-19-7-5-15-9-17(25)6-4-16(15)10-19/h4-10,13,18,20,22,29H,11-12H2,1-3H3,(H,27,30)/t18-,20-,22?/m1/s1. The normalized spacial score (nSPS) is 19.2. The fraction of sp³-hybridized carbons (Fsp3) is 0.375. The molecule has 1 saturated heterocycles. The quantitative estimate of drug-likeness (QED) is 0.532. The molecule has 0 saturated carbocycles. The van der Waals surface area contributed by atoms with Crippen LogP contribution >= 0.6 is 11.6 Å². The van der Waals surface area contributed by atoms with Crippen LogP contribution in [-0.2, 0) is 9.59 Å². The van der Waals surface area contributed by atoms with Crippen molar-refractivity contribution in [3.05, 3.63) is 58.9 Å². The first-order valence-corrected chi connectivity index (χ1v) is 11.2. The van der Waals surface area contributed by atoms with Gasteiger partial charge in [-0.05, 0) is 47.9 Å². The fourth-order valence-corrected chi connectivity index (χ4v) is 4.37. The summed E-state index contributed by atoms with van der Waals surface area (Å²) in [4.78, 5) is 33.2. The van der Waals surface area contributed by atoms with E-state index in [1.54, 1.807) is 31.2 Å². The van der Waals surface area contributed by atoms with Crippen LogP contribution in [0.1, 0.15) is 37.6 Å². The number of amides is 2. The Labute approximate surface area is 196 Å². The minimum atomic E-state index is -0.864. The van der Waals surface area contributed by atoms with Gasteiger partial charge in [0.15, 0.2) is 5.75 Å². The van der Waals surface area contributed by atoms with Crippen LogP contribution in [0.15, 0.2) is 47.0 Å². The molecule has 9 heteroatoms. The molecule has 1 aliphatic heterocycles. The smallest absolute Gasteiger partial charge is 0.275 e. The van der Waals surface area contributed by atoms with E-state index in [-0.39, 0.29) is 24.8 Å². The van der Waals surface area contributed by atoms with Crippen LogP contribution in [-0.4, -0.2) is 45.7 Å². The third kappa shape index (κ3) is 4.96. The lowest BCUT2D eigenvalue weighted by Crippen LogP contribution is -2.48. The van der Waals surface area contributed by atoms with Gasteiger partial charge in [0.2, 0.25) is 5.91 Å². The highest BCUT2D eigenvalue weighted by atomic mass is 35.5. The fourth-order valence-electron chi connectivity index (χ4n) is 4.19. The predicted octanol–water partition coefficient (Wildman–Crippen LogP) is 3.60. The zero-order chi connectivity index (χ0) is 23.7. The lowest BCUT2D eigenvalue weighted by Gasteiger charge is -2.28. The van der Waals surface area contributed by atoms with E-state index >= 15 is 0 Å². The first kappa shape index (κ1) is 23.1. The number of hydroxylamine groups is 1. The van der Waals surface area contributed by atoms with Crippen molar-refractivity contribution in [3.8, 4) is 5.75 Å². The molecule has 0 radical (unpaired) electrons. The van der Waals surface area contributed by atoms with Gasteiger partial charge in [-0.2, -0.15) is 5.48 Å². The highest BCUT2D eigenvalue weighted by Crippen LogP contribution is 2.31. The highest BCUT2D eigenvalue weighted by molar-refractivity contribution is 6.31. The molecule has 0 spiro atoms. The highest BCUT2D eigenvalue weighted by Gasteiger charge is 2.43. The van der Waals surface area contributed by atoms with Crippen LogP contribution in [0.3, 0.4) is 0 Å². The van der Waals surface area contributed by atoms with Gasteiger partial charge in [-0.25, -0.2) is 0 Å². The van der Waals surface area contributed by atoms with E-state index in [1.165, 1.54) is 4.90 Å². The van der Waals surface area contributed by atoms with Crippen molar-refractivity contribution in [2.75, 3.05) is 6.54 Å². The Kier molecular flexibility index (Phi) is 6.58. The summed E-state index contributed by atoms with van der Waals surface area (Å²) in [6, 6.07) is 11.7. The molecular weight excluding hydrogens is 446 g/mol. The third-order valence-electron chi connectivity index (χ3n) is 5.79. The second kappa shape index (κ2) is 9.41. The Morgan fingerprint density at radius 1 is 1.21 bits per heavy atom. The maximum absolute atomic E-state index is 13.4. The minimum absolute atomic E-state index is 0.0595. The van der Waals surface area contributed by atoms with E-state index < -0.39 is 24.0 Å². The Morgan fingerprint density at radius 2 is 1.94 bits per heavy atom. The van der Waals surface area contributed by atoms with Gasteiger partial charge in [-0.3, -0.25) is 9.59 Å². The summed E-state index contributed by atoms with van der Waals surface area (Å²) in [7, 11) is 0. The van der Waals surface area contributed by atoms with Crippen LogP contribution < -0.4 is 10.3 Å². The van der Waals surface area contributed by atoms with Gasteiger partial charge in [-0.15, -0.1) is 0 Å². The van der Waals surface area contributed by atoms with Crippen molar-refractivity contribution in [3.63, 3.8) is 0 Å². The van der Waals surface area contributed by atoms with Crippen molar-refractivity contribution >= 4 is 34.2 Å². The van der Waals surface area contributed by atoms with Crippen molar-refractivity contribution in [1.29, 1.82) is 0 Å². The van der Waals surface area contributed by atoms with E-state index in [0.29, 0.717) is 22.2 Å². The number of nitrogens with one attached hydrogen (secondary N) is 1. The number of β-amino-alcohol motifs (C(OH)–C–C–N with tert-alkyl or cyclic N) is 1. The van der Waals surface area contributed by atoms with Crippen LogP contribution in [0.25, 0.3) is 10.8 Å². The number of hydrogen-bond donors (Lipinski definition) is 2. The molecule has 2 N–H and O–H groups in total. The zero-order valence-corrected chi connectivity index (χ0v) is 19.4. The summed E-state index contributed by atoms with van der Waals surface area (Å²) >= 11 is 6.02. The Morgan fingerprint density at radius 3 is 2.64 bits per heavy atom. The van der Waals surface area contributed by atoms with Gasteiger partial charge in [0.25, 0.3) is 5.91 Å². The first-order chi connectivity index (χ1) is 15.7. The van der Waals surface area contributed by atoms with Crippen LogP contribution in [0.2, 0.25) is 5.02 Å². The summed E-state index contributed by atoms with van der Waals surface area (Å²) in [6.07, 6.45) is -0.684. The SMILES string of the molecule is Cc1cc(C(C(=O)N2C[C@H](O)C[C@@H]2C(=O)NOc2ccc3cc(Cl)ccc3c2)C(C)C)on1. The summed E-state index contributed by atoms with van der Waals surface area (Å²) in [6.45, 7) is 5.64. The van der Waals surface area contributed by atoms with E-state index in [0.717, 1.165) is 10.8 Å². The van der Waals surface area contributed by atoms with Gasteiger partial charge in [-0.1, -0.05) is 42.7 Å². The van der Waals surface area contributed by atoms with Gasteiger partial charge in [0.1, 0.15) is 17.7 Å². The molecule has 1 aliphatic rings. The van der Waals surface area contributed by atoms with Gasteiger partial charge in [0, 0.05) is 24.1 Å². The molecule has 2 heterocycles. The number of aliphatic hydroxyl groups is 1. The Balaban J connectivity index is 1.48. The number of fused-ring (bicyclic) bond motifs is 1. The molecule has 3 atom stereocenters. The number of likely N-dealkylation sites (tertiary alicyclic amines) is 1. The molecule has 8 nitrogen and oxygen atoms in total. The molecule has 3 aromatic rings. The van der Waals surface area contributed by atoms with Crippen LogP contribution in [0.4, 0.5) is 0 Å². The average molecular weight is 472 g/mol. The first-order valence-electron chi connectivity index (χ1n) is 10.8. The Bertz CT molecular complexity index is 1180. The summed E-state index contributed by atoms with van der Waals surface area (Å²) in [5.41, 5.74) is 3.10. The lowest BCUT2D eigenvalue weighted by atomic mass is 9.91. The molecule has 2 aromatic carbocycles. The minimum Gasteiger partial charge on any atom is -0.391 e. The maximum atomic E-state index is 13.4. The van der Waals surface area contributed by atoms with Gasteiger partial charge < -0.3 is 19.4 Å². The molecule has 0 aliphatic carbocycles. The molecule has 4 rings (SSSR count). The van der Waals surface area contributed by atoms with E-state index in [4.69, 9.17) is 21.0 Å². The molecule has 174 valence electrons. The van der Waals surface area contributed by atoms with Crippen molar-refractivity contribution in [2.45, 2.75) is 45.3 Å². The molecule has 2 amide bonds. The van der Waals surface area contributed by atoms with Gasteiger partial charge in [0.05, 0.1) is 11.8 Å². The maximum Gasteiger partial charge on any atom is 0.275 e. The largest absolute Gasteiger partial charge is 0.391 e. The van der Waals surface area contributed by atoms with Gasteiger partial charge >= 0.3 is 0 Å². The molecule has 1 unspecified atom stereocenters. The molecule has 1 aromatic heterocycles. The number of aliphatic hydroxyl groups excluding tert-OH is 1. The van der Waals surface area contributed by atoms with Crippen molar-refractivity contribution < 1.29 is 24.1 Å². The molecule has 0 bridgehead atoms. The molecular formula is C24H26ClN3O5.